The fourth-order valence-electron chi connectivity index (χ4n) is 2.16. The van der Waals surface area contributed by atoms with E-state index in [4.69, 9.17) is 11.6 Å². The van der Waals surface area contributed by atoms with Crippen molar-refractivity contribution in [3.8, 4) is 0 Å². The molecule has 1 aromatic carbocycles. The van der Waals surface area contributed by atoms with Gasteiger partial charge in [-0.3, -0.25) is 9.79 Å². The van der Waals surface area contributed by atoms with Gasteiger partial charge in [0.1, 0.15) is 0 Å². The lowest BCUT2D eigenvalue weighted by Gasteiger charge is -2.27. The largest absolute Gasteiger partial charge is 0.356 e. The summed E-state index contributed by atoms with van der Waals surface area (Å²) in [6.45, 7) is 10.9. The third-order valence-corrected chi connectivity index (χ3v) is 3.69. The van der Waals surface area contributed by atoms with Crippen molar-refractivity contribution in [2.24, 2.45) is 4.99 Å². The molecule has 1 rings (SSSR count). The molecule has 0 radical (unpaired) electrons. The minimum absolute atomic E-state index is 0.0699. The van der Waals surface area contributed by atoms with Crippen LogP contribution in [0.2, 0.25) is 5.02 Å². The second kappa shape index (κ2) is 8.38. The van der Waals surface area contributed by atoms with Gasteiger partial charge in [0.05, 0.1) is 6.54 Å². The first kappa shape index (κ1) is 20.3. The number of carbonyl (C=O) groups is 1. The highest BCUT2D eigenvalue weighted by atomic mass is 35.5. The Labute approximate surface area is 150 Å². The molecule has 6 heteroatoms. The van der Waals surface area contributed by atoms with Crippen LogP contribution < -0.4 is 16.0 Å². The van der Waals surface area contributed by atoms with Gasteiger partial charge in [-0.2, -0.15) is 0 Å². The van der Waals surface area contributed by atoms with E-state index >= 15 is 0 Å². The summed E-state index contributed by atoms with van der Waals surface area (Å²) in [6, 6.07) is 7.84. The van der Waals surface area contributed by atoms with E-state index in [1.807, 2.05) is 39.0 Å². The first-order valence-corrected chi connectivity index (χ1v) is 8.43. The topological polar surface area (TPSA) is 65.5 Å². The molecule has 0 fully saturated rings. The van der Waals surface area contributed by atoms with E-state index < -0.39 is 0 Å². The highest BCUT2D eigenvalue weighted by Crippen LogP contribution is 2.24. The van der Waals surface area contributed by atoms with E-state index in [0.717, 1.165) is 10.6 Å². The van der Waals surface area contributed by atoms with Gasteiger partial charge in [-0.1, -0.05) is 37.6 Å². The van der Waals surface area contributed by atoms with Crippen LogP contribution in [0.4, 0.5) is 0 Å². The van der Waals surface area contributed by atoms with Crippen LogP contribution >= 0.6 is 11.6 Å². The molecule has 0 aliphatic heterocycles. The molecule has 0 aliphatic carbocycles. The molecule has 3 N–H and O–H groups in total. The van der Waals surface area contributed by atoms with Crippen molar-refractivity contribution in [2.75, 3.05) is 20.1 Å². The molecule has 134 valence electrons. The molecule has 1 amide bonds. The van der Waals surface area contributed by atoms with Gasteiger partial charge in [0.25, 0.3) is 0 Å². The zero-order chi connectivity index (χ0) is 18.4. The highest BCUT2D eigenvalue weighted by molar-refractivity contribution is 6.30. The number of aliphatic imine (C=N–C) groups is 1. The smallest absolute Gasteiger partial charge is 0.239 e. The van der Waals surface area contributed by atoms with Crippen molar-refractivity contribution in [1.82, 2.24) is 16.0 Å². The Balaban J connectivity index is 2.56. The van der Waals surface area contributed by atoms with E-state index in [1.165, 1.54) is 0 Å². The highest BCUT2D eigenvalue weighted by Gasteiger charge is 2.21. The standard InChI is InChI=1S/C18H29ClN4O/c1-17(2,3)23-15(24)11-21-16(20-6)22-12-18(4,5)13-8-7-9-14(19)10-13/h7-10H,11-12H2,1-6H3,(H,23,24)(H2,20,21,22). The Hall–Kier alpha value is -1.75. The van der Waals surface area contributed by atoms with Gasteiger partial charge < -0.3 is 16.0 Å². The normalized spacial score (nSPS) is 12.7. The second-order valence-corrected chi connectivity index (χ2v) is 7.91. The maximum Gasteiger partial charge on any atom is 0.239 e. The number of rotatable bonds is 5. The van der Waals surface area contributed by atoms with E-state index in [1.54, 1.807) is 7.05 Å². The fraction of sp³-hybridized carbons (Fsp3) is 0.556. The number of nitrogens with one attached hydrogen (secondary N) is 3. The van der Waals surface area contributed by atoms with Crippen LogP contribution in [0.15, 0.2) is 29.3 Å². The molecule has 0 unspecified atom stereocenters. The summed E-state index contributed by atoms with van der Waals surface area (Å²) in [4.78, 5) is 16.0. The molecule has 0 saturated carbocycles. The van der Waals surface area contributed by atoms with Gasteiger partial charge in [0, 0.05) is 29.6 Å². The monoisotopic (exact) mass is 352 g/mol. The van der Waals surface area contributed by atoms with E-state index in [0.29, 0.717) is 12.5 Å². The number of hydrogen-bond acceptors (Lipinski definition) is 2. The van der Waals surface area contributed by atoms with Crippen molar-refractivity contribution in [1.29, 1.82) is 0 Å². The van der Waals surface area contributed by atoms with Crippen molar-refractivity contribution in [2.45, 2.75) is 45.6 Å². The molecule has 0 atom stereocenters. The lowest BCUT2D eigenvalue weighted by Crippen LogP contribution is -2.49. The number of amides is 1. The molecule has 24 heavy (non-hydrogen) atoms. The molecule has 0 bridgehead atoms. The molecule has 5 nitrogen and oxygen atoms in total. The van der Waals surface area contributed by atoms with Crippen molar-refractivity contribution in [3.63, 3.8) is 0 Å². The maximum absolute atomic E-state index is 11.9. The Bertz CT molecular complexity index is 591. The van der Waals surface area contributed by atoms with E-state index in [2.05, 4.69) is 40.9 Å². The molecule has 0 spiro atoms. The molecule has 0 aliphatic rings. The minimum Gasteiger partial charge on any atom is -0.356 e. The fourth-order valence-corrected chi connectivity index (χ4v) is 2.35. The Morgan fingerprint density at radius 2 is 1.83 bits per heavy atom. The van der Waals surface area contributed by atoms with Crippen molar-refractivity contribution < 1.29 is 4.79 Å². The molecule has 0 saturated heterocycles. The predicted octanol–water partition coefficient (Wildman–Crippen LogP) is 2.70. The van der Waals surface area contributed by atoms with Crippen molar-refractivity contribution >= 4 is 23.5 Å². The molecular weight excluding hydrogens is 324 g/mol. The third-order valence-electron chi connectivity index (χ3n) is 3.46. The van der Waals surface area contributed by atoms with Crippen LogP contribution in [0.1, 0.15) is 40.2 Å². The average Bonchev–Trinajstić information content (AvgIpc) is 2.45. The summed E-state index contributed by atoms with van der Waals surface area (Å²) in [5.74, 6) is 0.522. The van der Waals surface area contributed by atoms with Gasteiger partial charge in [0.2, 0.25) is 5.91 Å². The summed E-state index contributed by atoms with van der Waals surface area (Å²) in [6.07, 6.45) is 0. The number of benzene rings is 1. The summed E-state index contributed by atoms with van der Waals surface area (Å²) in [5.41, 5.74) is 0.768. The van der Waals surface area contributed by atoms with Crippen LogP contribution in [0, 0.1) is 0 Å². The second-order valence-electron chi connectivity index (χ2n) is 7.47. The average molecular weight is 353 g/mol. The van der Waals surface area contributed by atoms with Crippen LogP contribution in [-0.2, 0) is 10.2 Å². The lowest BCUT2D eigenvalue weighted by atomic mass is 9.84. The van der Waals surface area contributed by atoms with Crippen LogP contribution in [0.3, 0.4) is 0 Å². The zero-order valence-electron chi connectivity index (χ0n) is 15.5. The van der Waals surface area contributed by atoms with Gasteiger partial charge in [-0.25, -0.2) is 0 Å². The van der Waals surface area contributed by atoms with E-state index in [-0.39, 0.29) is 23.4 Å². The summed E-state index contributed by atoms with van der Waals surface area (Å²) < 4.78 is 0. The minimum atomic E-state index is -0.246. The first-order chi connectivity index (χ1) is 11.0. The van der Waals surface area contributed by atoms with Crippen molar-refractivity contribution in [3.05, 3.63) is 34.9 Å². The molecular formula is C18H29ClN4O. The van der Waals surface area contributed by atoms with Gasteiger partial charge >= 0.3 is 0 Å². The Morgan fingerprint density at radius 1 is 1.17 bits per heavy atom. The number of guanidine groups is 1. The number of hydrogen-bond donors (Lipinski definition) is 3. The van der Waals surface area contributed by atoms with Crippen LogP contribution in [0.5, 0.6) is 0 Å². The van der Waals surface area contributed by atoms with Crippen LogP contribution in [0.25, 0.3) is 0 Å². The SMILES string of the molecule is CN=C(NCC(=O)NC(C)(C)C)NCC(C)(C)c1cccc(Cl)c1. The zero-order valence-corrected chi connectivity index (χ0v) is 16.2. The maximum atomic E-state index is 11.9. The molecule has 0 aromatic heterocycles. The number of carbonyl (C=O) groups excluding carboxylic acids is 1. The lowest BCUT2D eigenvalue weighted by molar-refractivity contribution is -0.121. The van der Waals surface area contributed by atoms with E-state index in [9.17, 15) is 4.79 Å². The molecule has 0 heterocycles. The summed E-state index contributed by atoms with van der Waals surface area (Å²) in [7, 11) is 1.68. The first-order valence-electron chi connectivity index (χ1n) is 8.05. The van der Waals surface area contributed by atoms with Crippen LogP contribution in [-0.4, -0.2) is 37.5 Å². The van der Waals surface area contributed by atoms with Gasteiger partial charge in [0.15, 0.2) is 5.96 Å². The predicted molar refractivity (Wildman–Crippen MR) is 102 cm³/mol. The number of halogens is 1. The Morgan fingerprint density at radius 3 is 2.38 bits per heavy atom. The third kappa shape index (κ3) is 7.21. The summed E-state index contributed by atoms with van der Waals surface area (Å²) >= 11 is 6.08. The van der Waals surface area contributed by atoms with Gasteiger partial charge in [-0.15, -0.1) is 0 Å². The summed E-state index contributed by atoms with van der Waals surface area (Å²) in [5, 5.41) is 9.92. The molecule has 1 aromatic rings. The Kier molecular flexibility index (Phi) is 7.08. The number of nitrogens with zero attached hydrogens (tertiary/aromatic N) is 1. The van der Waals surface area contributed by atoms with Gasteiger partial charge in [-0.05, 0) is 38.5 Å². The quantitative estimate of drug-likeness (QED) is 0.564.